The fraction of sp³-hybridized carbons (Fsp3) is 0.923. The number of nitrogens with one attached hydrogen (secondary N) is 1. The molecule has 1 saturated heterocycles. The number of ketones is 1. The summed E-state index contributed by atoms with van der Waals surface area (Å²) >= 11 is 0. The van der Waals surface area contributed by atoms with Gasteiger partial charge in [-0.25, -0.2) is 0 Å². The summed E-state index contributed by atoms with van der Waals surface area (Å²) in [6.45, 7) is 4.21. The Balaban J connectivity index is 2.06. The van der Waals surface area contributed by atoms with E-state index in [1.165, 1.54) is 19.3 Å². The van der Waals surface area contributed by atoms with Crippen LogP contribution in [0.25, 0.3) is 0 Å². The first-order chi connectivity index (χ1) is 7.28. The summed E-state index contributed by atoms with van der Waals surface area (Å²) in [5, 5.41) is 3.41. The SMILES string of the molecule is CCC1(C(=O)C2CCCC2)CCCNC1. The Kier molecular flexibility index (Phi) is 3.45. The third kappa shape index (κ3) is 2.10. The lowest BCUT2D eigenvalue weighted by atomic mass is 9.70. The summed E-state index contributed by atoms with van der Waals surface area (Å²) in [5.74, 6) is 0.972. The van der Waals surface area contributed by atoms with E-state index in [2.05, 4.69) is 12.2 Å². The lowest BCUT2D eigenvalue weighted by Gasteiger charge is -2.37. The Morgan fingerprint density at radius 2 is 2.07 bits per heavy atom. The van der Waals surface area contributed by atoms with Crippen molar-refractivity contribution >= 4 is 5.78 Å². The van der Waals surface area contributed by atoms with Gasteiger partial charge in [-0.15, -0.1) is 0 Å². The Hall–Kier alpha value is -0.370. The van der Waals surface area contributed by atoms with Gasteiger partial charge in [0.2, 0.25) is 0 Å². The first-order valence-electron chi connectivity index (χ1n) is 6.53. The maximum atomic E-state index is 12.5. The van der Waals surface area contributed by atoms with Gasteiger partial charge in [0.25, 0.3) is 0 Å². The highest BCUT2D eigenvalue weighted by atomic mass is 16.1. The van der Waals surface area contributed by atoms with Crippen LogP contribution in [0.1, 0.15) is 51.9 Å². The summed E-state index contributed by atoms with van der Waals surface area (Å²) in [6.07, 6.45) is 8.15. The van der Waals surface area contributed by atoms with Gasteiger partial charge in [0.15, 0.2) is 0 Å². The van der Waals surface area contributed by atoms with E-state index in [1.807, 2.05) is 0 Å². The molecule has 86 valence electrons. The molecule has 0 aromatic rings. The molecule has 1 heterocycles. The molecular weight excluding hydrogens is 186 g/mol. The van der Waals surface area contributed by atoms with E-state index in [9.17, 15) is 4.79 Å². The van der Waals surface area contributed by atoms with Crippen LogP contribution in [0.3, 0.4) is 0 Å². The summed E-state index contributed by atoms with van der Waals surface area (Å²) in [6, 6.07) is 0. The zero-order chi connectivity index (χ0) is 10.7. The van der Waals surface area contributed by atoms with Crippen LogP contribution < -0.4 is 5.32 Å². The smallest absolute Gasteiger partial charge is 0.143 e. The largest absolute Gasteiger partial charge is 0.316 e. The number of hydrogen-bond donors (Lipinski definition) is 1. The second kappa shape index (κ2) is 4.65. The van der Waals surface area contributed by atoms with E-state index >= 15 is 0 Å². The average Bonchev–Trinajstić information content (AvgIpc) is 2.82. The molecule has 0 aromatic heterocycles. The number of carbonyl (C=O) groups is 1. The van der Waals surface area contributed by atoms with Crippen LogP contribution in [0, 0.1) is 11.3 Å². The van der Waals surface area contributed by atoms with E-state index in [-0.39, 0.29) is 5.41 Å². The third-order valence-electron chi connectivity index (χ3n) is 4.40. The van der Waals surface area contributed by atoms with Gasteiger partial charge < -0.3 is 5.32 Å². The molecule has 2 aliphatic rings. The monoisotopic (exact) mass is 209 g/mol. The molecule has 1 saturated carbocycles. The quantitative estimate of drug-likeness (QED) is 0.774. The second-order valence-corrected chi connectivity index (χ2v) is 5.26. The molecule has 1 unspecified atom stereocenters. The van der Waals surface area contributed by atoms with Gasteiger partial charge in [0.1, 0.15) is 5.78 Å². The maximum Gasteiger partial charge on any atom is 0.143 e. The van der Waals surface area contributed by atoms with E-state index < -0.39 is 0 Å². The van der Waals surface area contributed by atoms with Crippen molar-refractivity contribution in [3.05, 3.63) is 0 Å². The molecule has 15 heavy (non-hydrogen) atoms. The molecule has 1 aliphatic carbocycles. The number of piperidine rings is 1. The van der Waals surface area contributed by atoms with Crippen molar-refractivity contribution in [2.45, 2.75) is 51.9 Å². The molecule has 0 radical (unpaired) electrons. The highest BCUT2D eigenvalue weighted by Crippen LogP contribution is 2.38. The normalized spacial score (nSPS) is 33.1. The van der Waals surface area contributed by atoms with Gasteiger partial charge >= 0.3 is 0 Å². The van der Waals surface area contributed by atoms with E-state index in [4.69, 9.17) is 0 Å². The Morgan fingerprint density at radius 3 is 2.60 bits per heavy atom. The second-order valence-electron chi connectivity index (χ2n) is 5.26. The Bertz CT molecular complexity index is 225. The van der Waals surface area contributed by atoms with Crippen LogP contribution in [-0.4, -0.2) is 18.9 Å². The summed E-state index contributed by atoms with van der Waals surface area (Å²) in [5.41, 5.74) is -0.00669. The molecule has 1 atom stereocenters. The highest BCUT2D eigenvalue weighted by Gasteiger charge is 2.41. The zero-order valence-electron chi connectivity index (χ0n) is 9.85. The van der Waals surface area contributed by atoms with Gasteiger partial charge in [0, 0.05) is 17.9 Å². The minimum absolute atomic E-state index is 0.00669. The van der Waals surface area contributed by atoms with Gasteiger partial charge in [-0.1, -0.05) is 19.8 Å². The van der Waals surface area contributed by atoms with E-state index in [0.717, 1.165) is 38.8 Å². The van der Waals surface area contributed by atoms with Crippen LogP contribution in [-0.2, 0) is 4.79 Å². The van der Waals surface area contributed by atoms with Crippen molar-refractivity contribution in [1.82, 2.24) is 5.32 Å². The van der Waals surface area contributed by atoms with Crippen LogP contribution in [0.5, 0.6) is 0 Å². The van der Waals surface area contributed by atoms with Crippen molar-refractivity contribution < 1.29 is 4.79 Å². The lowest BCUT2D eigenvalue weighted by Crippen LogP contribution is -2.47. The fourth-order valence-electron chi connectivity index (χ4n) is 3.28. The number of rotatable bonds is 3. The maximum absolute atomic E-state index is 12.5. The van der Waals surface area contributed by atoms with Crippen LogP contribution in [0.4, 0.5) is 0 Å². The van der Waals surface area contributed by atoms with E-state index in [0.29, 0.717) is 11.7 Å². The van der Waals surface area contributed by atoms with Crippen LogP contribution >= 0.6 is 0 Å². The topological polar surface area (TPSA) is 29.1 Å². The molecule has 0 aromatic carbocycles. The van der Waals surface area contributed by atoms with Gasteiger partial charge in [-0.3, -0.25) is 4.79 Å². The summed E-state index contributed by atoms with van der Waals surface area (Å²) < 4.78 is 0. The minimum Gasteiger partial charge on any atom is -0.316 e. The molecule has 0 bridgehead atoms. The first-order valence-corrected chi connectivity index (χ1v) is 6.53. The highest BCUT2D eigenvalue weighted by molar-refractivity contribution is 5.87. The first kappa shape index (κ1) is 11.1. The predicted molar refractivity (Wildman–Crippen MR) is 61.8 cm³/mol. The molecule has 0 amide bonds. The van der Waals surface area contributed by atoms with E-state index in [1.54, 1.807) is 0 Å². The molecule has 0 spiro atoms. The van der Waals surface area contributed by atoms with Crippen molar-refractivity contribution in [2.24, 2.45) is 11.3 Å². The molecule has 2 nitrogen and oxygen atoms in total. The Labute approximate surface area is 92.8 Å². The molecule has 2 rings (SSSR count). The van der Waals surface area contributed by atoms with Gasteiger partial charge in [-0.05, 0) is 38.6 Å². The van der Waals surface area contributed by atoms with Crippen molar-refractivity contribution in [1.29, 1.82) is 0 Å². The molecule has 2 fully saturated rings. The standard InChI is InChI=1S/C13H23NO/c1-2-13(8-5-9-14-10-13)12(15)11-6-3-4-7-11/h11,14H,2-10H2,1H3. The minimum atomic E-state index is -0.00669. The number of hydrogen-bond acceptors (Lipinski definition) is 2. The molecule has 1 N–H and O–H groups in total. The summed E-state index contributed by atoms with van der Waals surface area (Å²) in [7, 11) is 0. The van der Waals surface area contributed by atoms with Crippen molar-refractivity contribution in [3.8, 4) is 0 Å². The Morgan fingerprint density at radius 1 is 1.33 bits per heavy atom. The number of carbonyl (C=O) groups excluding carboxylic acids is 1. The number of Topliss-reactive ketones (excluding diaryl/α,β-unsaturated/α-hetero) is 1. The predicted octanol–water partition coefficient (Wildman–Crippen LogP) is 2.53. The zero-order valence-corrected chi connectivity index (χ0v) is 9.85. The van der Waals surface area contributed by atoms with Crippen molar-refractivity contribution in [3.63, 3.8) is 0 Å². The molecule has 1 aliphatic heterocycles. The summed E-state index contributed by atoms with van der Waals surface area (Å²) in [4.78, 5) is 12.5. The van der Waals surface area contributed by atoms with Crippen molar-refractivity contribution in [2.75, 3.05) is 13.1 Å². The molecule has 2 heteroatoms. The third-order valence-corrected chi connectivity index (χ3v) is 4.40. The van der Waals surface area contributed by atoms with Gasteiger partial charge in [0.05, 0.1) is 0 Å². The van der Waals surface area contributed by atoms with Gasteiger partial charge in [-0.2, -0.15) is 0 Å². The lowest BCUT2D eigenvalue weighted by molar-refractivity contribution is -0.134. The van der Waals surface area contributed by atoms with Crippen LogP contribution in [0.2, 0.25) is 0 Å². The molecular formula is C13H23NO. The fourth-order valence-corrected chi connectivity index (χ4v) is 3.28. The van der Waals surface area contributed by atoms with Crippen LogP contribution in [0.15, 0.2) is 0 Å². The average molecular weight is 209 g/mol.